The Morgan fingerprint density at radius 2 is 1.97 bits per heavy atom. The van der Waals surface area contributed by atoms with Crippen LogP contribution < -0.4 is 5.32 Å². The molecule has 0 bridgehead atoms. The van der Waals surface area contributed by atoms with E-state index in [9.17, 15) is 18.0 Å². The highest BCUT2D eigenvalue weighted by atomic mass is 19.4. The second-order valence-corrected chi connectivity index (χ2v) is 12.2. The van der Waals surface area contributed by atoms with Crippen molar-refractivity contribution in [2.75, 3.05) is 19.8 Å². The molecule has 1 N–H and O–H groups in total. The van der Waals surface area contributed by atoms with E-state index in [1.165, 1.54) is 12.1 Å². The molecule has 2 unspecified atom stereocenters. The monoisotopic (exact) mass is 506 g/mol. The van der Waals surface area contributed by atoms with Gasteiger partial charge in [0.05, 0.1) is 11.0 Å². The van der Waals surface area contributed by atoms with E-state index >= 15 is 0 Å². The fourth-order valence-electron chi connectivity index (χ4n) is 7.34. The van der Waals surface area contributed by atoms with Crippen molar-refractivity contribution in [1.82, 2.24) is 10.2 Å². The lowest BCUT2D eigenvalue weighted by Crippen LogP contribution is -2.48. The number of carbonyl (C=O) groups excluding carboxylic acids is 1. The lowest BCUT2D eigenvalue weighted by atomic mass is 9.73. The molecule has 3 atom stereocenters. The number of hydrogen-bond acceptors (Lipinski definition) is 3. The molecule has 2 aliphatic carbocycles. The van der Waals surface area contributed by atoms with Gasteiger partial charge in [-0.05, 0) is 91.5 Å². The van der Waals surface area contributed by atoms with Crippen molar-refractivity contribution < 1.29 is 22.7 Å². The molecule has 5 rings (SSSR count). The molecule has 2 saturated carbocycles. The second kappa shape index (κ2) is 9.61. The van der Waals surface area contributed by atoms with Crippen molar-refractivity contribution in [1.29, 1.82) is 0 Å². The first-order chi connectivity index (χ1) is 17.1. The quantitative estimate of drug-likeness (QED) is 0.523. The van der Waals surface area contributed by atoms with Crippen LogP contribution in [0.2, 0.25) is 0 Å². The zero-order valence-corrected chi connectivity index (χ0v) is 22.0. The van der Waals surface area contributed by atoms with Gasteiger partial charge in [0.2, 0.25) is 5.91 Å². The number of rotatable bonds is 6. The molecule has 2 heterocycles. The number of nitrogens with zero attached hydrogens (tertiary/aromatic N) is 1. The van der Waals surface area contributed by atoms with E-state index in [4.69, 9.17) is 4.74 Å². The predicted molar refractivity (Wildman–Crippen MR) is 133 cm³/mol. The number of alkyl halides is 3. The van der Waals surface area contributed by atoms with E-state index in [2.05, 4.69) is 19.2 Å². The average molecular weight is 507 g/mol. The lowest BCUT2D eigenvalue weighted by molar-refractivity contribution is -0.146. The first-order valence-electron chi connectivity index (χ1n) is 13.9. The zero-order chi connectivity index (χ0) is 25.7. The number of amides is 1. The van der Waals surface area contributed by atoms with Crippen LogP contribution in [0.1, 0.15) is 88.0 Å². The molecular weight excluding hydrogens is 465 g/mol. The summed E-state index contributed by atoms with van der Waals surface area (Å²) in [6, 6.07) is 3.60. The number of aryl methyl sites for hydroxylation is 1. The number of benzene rings is 1. The normalized spacial score (nSPS) is 30.8. The highest BCUT2D eigenvalue weighted by Crippen LogP contribution is 2.66. The topological polar surface area (TPSA) is 41.6 Å². The van der Waals surface area contributed by atoms with Crippen LogP contribution in [0.15, 0.2) is 12.1 Å². The van der Waals surface area contributed by atoms with Gasteiger partial charge in [0.25, 0.3) is 0 Å². The number of fused-ring (bicyclic) bond motifs is 1. The van der Waals surface area contributed by atoms with Crippen LogP contribution in [0.5, 0.6) is 0 Å². The first kappa shape index (κ1) is 26.0. The molecule has 4 aliphatic rings. The summed E-state index contributed by atoms with van der Waals surface area (Å²) in [5, 5.41) is 3.86. The minimum atomic E-state index is -4.38. The van der Waals surface area contributed by atoms with Crippen LogP contribution in [0.4, 0.5) is 13.2 Å². The molecule has 4 nitrogen and oxygen atoms in total. The van der Waals surface area contributed by atoms with Crippen molar-refractivity contribution >= 4 is 5.91 Å². The minimum absolute atomic E-state index is 0.159. The van der Waals surface area contributed by atoms with Gasteiger partial charge in [-0.1, -0.05) is 27.2 Å². The van der Waals surface area contributed by atoms with Gasteiger partial charge in [0, 0.05) is 38.4 Å². The van der Waals surface area contributed by atoms with Gasteiger partial charge < -0.3 is 15.0 Å². The molecule has 200 valence electrons. The zero-order valence-electron chi connectivity index (χ0n) is 22.0. The molecule has 36 heavy (non-hydrogen) atoms. The van der Waals surface area contributed by atoms with Crippen molar-refractivity contribution in [2.45, 2.75) is 103 Å². The fourth-order valence-corrected chi connectivity index (χ4v) is 7.34. The maximum atomic E-state index is 14.1. The average Bonchev–Trinajstić information content (AvgIpc) is 3.34. The predicted octanol–water partition coefficient (Wildman–Crippen LogP) is 5.90. The van der Waals surface area contributed by atoms with Crippen molar-refractivity contribution in [3.05, 3.63) is 34.4 Å². The van der Waals surface area contributed by atoms with E-state index in [0.29, 0.717) is 43.6 Å². The molecule has 1 amide bonds. The lowest BCUT2D eigenvalue weighted by Gasteiger charge is -2.40. The van der Waals surface area contributed by atoms with E-state index in [0.717, 1.165) is 69.3 Å². The third-order valence-corrected chi connectivity index (χ3v) is 9.68. The molecule has 7 heteroatoms. The minimum Gasteiger partial charge on any atom is -0.381 e. The second-order valence-electron chi connectivity index (χ2n) is 12.2. The molecule has 0 aromatic heterocycles. The summed E-state index contributed by atoms with van der Waals surface area (Å²) in [7, 11) is 0. The summed E-state index contributed by atoms with van der Waals surface area (Å²) >= 11 is 0. The number of halogens is 3. The number of hydrogen-bond donors (Lipinski definition) is 1. The van der Waals surface area contributed by atoms with Crippen molar-refractivity contribution in [3.63, 3.8) is 0 Å². The highest BCUT2D eigenvalue weighted by Gasteiger charge is 2.65. The fraction of sp³-hybridized carbons (Fsp3) is 0.759. The van der Waals surface area contributed by atoms with Gasteiger partial charge in [0.15, 0.2) is 0 Å². The Hall–Kier alpha value is -1.60. The van der Waals surface area contributed by atoms with Gasteiger partial charge in [-0.2, -0.15) is 13.2 Å². The highest BCUT2D eigenvalue weighted by molar-refractivity contribution is 5.84. The molecule has 1 spiro atoms. The Morgan fingerprint density at radius 1 is 1.22 bits per heavy atom. The maximum absolute atomic E-state index is 14.1. The molecule has 1 saturated heterocycles. The van der Waals surface area contributed by atoms with Crippen LogP contribution in [0, 0.1) is 16.7 Å². The number of nitrogens with one attached hydrogen (secondary N) is 1. The molecule has 0 radical (unpaired) electrons. The van der Waals surface area contributed by atoms with Gasteiger partial charge in [-0.15, -0.1) is 0 Å². The standard InChI is InChI=1S/C29H41F3N2O2/c1-4-5-20-14-22(29(30,31)32)15-21-17-34(11-6-24(20)21)26(35)28(19(2)3)10-9-27(18-28)16-25(27)33-23-7-12-36-13-8-23/h14-15,19,23,25,33H,4-13,16-18H2,1-3H3/t25?,27?,28-/m0/s1. The Balaban J connectivity index is 1.34. The number of ether oxygens (including phenoxy) is 1. The third kappa shape index (κ3) is 4.70. The van der Waals surface area contributed by atoms with Crippen molar-refractivity contribution in [3.8, 4) is 0 Å². The molecular formula is C29H41F3N2O2. The number of carbonyl (C=O) groups is 1. The van der Waals surface area contributed by atoms with Gasteiger partial charge in [-0.3, -0.25) is 4.79 Å². The smallest absolute Gasteiger partial charge is 0.381 e. The largest absolute Gasteiger partial charge is 0.416 e. The third-order valence-electron chi connectivity index (χ3n) is 9.68. The van der Waals surface area contributed by atoms with Crippen LogP contribution in [0.3, 0.4) is 0 Å². The van der Waals surface area contributed by atoms with Gasteiger partial charge in [0.1, 0.15) is 0 Å². The molecule has 1 aromatic carbocycles. The summed E-state index contributed by atoms with van der Waals surface area (Å²) < 4.78 is 46.5. The van der Waals surface area contributed by atoms with Crippen LogP contribution in [-0.4, -0.2) is 42.6 Å². The first-order valence-corrected chi connectivity index (χ1v) is 13.9. The van der Waals surface area contributed by atoms with Gasteiger partial charge >= 0.3 is 6.18 Å². The van der Waals surface area contributed by atoms with Crippen molar-refractivity contribution in [2.24, 2.45) is 16.7 Å². The summed E-state index contributed by atoms with van der Waals surface area (Å²) in [5.41, 5.74) is 1.70. The summed E-state index contributed by atoms with van der Waals surface area (Å²) in [5.74, 6) is 0.360. The van der Waals surface area contributed by atoms with Gasteiger partial charge in [-0.25, -0.2) is 0 Å². The Bertz CT molecular complexity index is 987. The van der Waals surface area contributed by atoms with Crippen LogP contribution >= 0.6 is 0 Å². The summed E-state index contributed by atoms with van der Waals surface area (Å²) in [6.45, 7) is 8.82. The Labute approximate surface area is 213 Å². The summed E-state index contributed by atoms with van der Waals surface area (Å²) in [4.78, 5) is 16.0. The Morgan fingerprint density at radius 3 is 2.64 bits per heavy atom. The van der Waals surface area contributed by atoms with E-state index in [1.807, 2.05) is 11.8 Å². The van der Waals surface area contributed by atoms with Crippen LogP contribution in [-0.2, 0) is 35.1 Å². The van der Waals surface area contributed by atoms with Crippen LogP contribution in [0.25, 0.3) is 0 Å². The summed E-state index contributed by atoms with van der Waals surface area (Å²) in [6.07, 6.45) is 3.76. The molecule has 3 fully saturated rings. The SMILES string of the molecule is CCCc1cc(C(F)(F)F)cc2c1CCN(C(=O)[C@@]1(C(C)C)CCC3(CC3NC3CCOCC3)C1)C2. The van der Waals surface area contributed by atoms with E-state index in [-0.39, 0.29) is 17.2 Å². The maximum Gasteiger partial charge on any atom is 0.416 e. The molecule has 2 aliphatic heterocycles. The van der Waals surface area contributed by atoms with E-state index in [1.54, 1.807) is 0 Å². The molecule has 1 aromatic rings. The Kier molecular flexibility index (Phi) is 6.95. The van der Waals surface area contributed by atoms with E-state index < -0.39 is 17.2 Å².